The van der Waals surface area contributed by atoms with Crippen molar-refractivity contribution in [3.63, 3.8) is 0 Å². The van der Waals surface area contributed by atoms with Crippen molar-refractivity contribution in [2.45, 2.75) is 6.92 Å². The standard InChI is InChI=1S/C15H17N3O4/c1-4-22-11-7-5-10(6-8-11)16-9-12-13(19)17(2)15(21)18(3)14(12)20/h5-9,19H,4H2,1-3H3. The first-order valence-corrected chi connectivity index (χ1v) is 6.71. The summed E-state index contributed by atoms with van der Waals surface area (Å²) in [6.07, 6.45) is 1.24. The Morgan fingerprint density at radius 2 is 1.82 bits per heavy atom. The van der Waals surface area contributed by atoms with Crippen LogP contribution in [0.15, 0.2) is 38.8 Å². The van der Waals surface area contributed by atoms with E-state index in [-0.39, 0.29) is 5.56 Å². The van der Waals surface area contributed by atoms with E-state index >= 15 is 0 Å². The SMILES string of the molecule is CCOc1ccc(N=Cc2c(O)n(C)c(=O)n(C)c2=O)cc1. The topological polar surface area (TPSA) is 85.8 Å². The first kappa shape index (κ1) is 15.6. The van der Waals surface area contributed by atoms with Crippen molar-refractivity contribution in [2.24, 2.45) is 19.1 Å². The summed E-state index contributed by atoms with van der Waals surface area (Å²) >= 11 is 0. The Kier molecular flexibility index (Phi) is 4.45. The van der Waals surface area contributed by atoms with Crippen molar-refractivity contribution in [3.05, 3.63) is 50.7 Å². The molecular formula is C15H17N3O4. The maximum Gasteiger partial charge on any atom is 0.333 e. The number of benzene rings is 1. The van der Waals surface area contributed by atoms with Crippen molar-refractivity contribution in [1.29, 1.82) is 0 Å². The van der Waals surface area contributed by atoms with Crippen LogP contribution in [0.4, 0.5) is 5.69 Å². The molecule has 2 aromatic rings. The van der Waals surface area contributed by atoms with Gasteiger partial charge in [-0.25, -0.2) is 4.79 Å². The second-order valence-electron chi connectivity index (χ2n) is 4.63. The van der Waals surface area contributed by atoms with E-state index in [4.69, 9.17) is 4.74 Å². The molecule has 0 unspecified atom stereocenters. The molecular weight excluding hydrogens is 286 g/mol. The molecule has 1 N–H and O–H groups in total. The van der Waals surface area contributed by atoms with Gasteiger partial charge in [0.1, 0.15) is 11.3 Å². The van der Waals surface area contributed by atoms with Crippen LogP contribution >= 0.6 is 0 Å². The Morgan fingerprint density at radius 3 is 2.41 bits per heavy atom. The summed E-state index contributed by atoms with van der Waals surface area (Å²) < 4.78 is 7.23. The second kappa shape index (κ2) is 6.30. The van der Waals surface area contributed by atoms with Gasteiger partial charge in [-0.15, -0.1) is 0 Å². The van der Waals surface area contributed by atoms with Crippen LogP contribution in [0.25, 0.3) is 0 Å². The minimum Gasteiger partial charge on any atom is -0.494 e. The number of nitrogens with zero attached hydrogens (tertiary/aromatic N) is 3. The summed E-state index contributed by atoms with van der Waals surface area (Å²) in [6.45, 7) is 2.47. The lowest BCUT2D eigenvalue weighted by Gasteiger charge is -2.07. The Balaban J connectivity index is 2.38. The smallest absolute Gasteiger partial charge is 0.333 e. The van der Waals surface area contributed by atoms with Gasteiger partial charge in [-0.2, -0.15) is 0 Å². The summed E-state index contributed by atoms with van der Waals surface area (Å²) in [5, 5.41) is 9.91. The summed E-state index contributed by atoms with van der Waals surface area (Å²) in [6, 6.07) is 6.97. The fourth-order valence-corrected chi connectivity index (χ4v) is 1.91. The van der Waals surface area contributed by atoms with E-state index in [0.29, 0.717) is 12.3 Å². The van der Waals surface area contributed by atoms with Crippen LogP contribution < -0.4 is 16.0 Å². The van der Waals surface area contributed by atoms with E-state index in [2.05, 4.69) is 4.99 Å². The van der Waals surface area contributed by atoms with Gasteiger partial charge in [0.2, 0.25) is 5.88 Å². The maximum atomic E-state index is 12.0. The van der Waals surface area contributed by atoms with Crippen LogP contribution in [0.2, 0.25) is 0 Å². The van der Waals surface area contributed by atoms with E-state index < -0.39 is 17.1 Å². The number of aromatic hydroxyl groups is 1. The average Bonchev–Trinajstić information content (AvgIpc) is 2.53. The van der Waals surface area contributed by atoms with Gasteiger partial charge in [-0.1, -0.05) is 0 Å². The highest BCUT2D eigenvalue weighted by Gasteiger charge is 2.12. The summed E-state index contributed by atoms with van der Waals surface area (Å²) in [4.78, 5) is 27.8. The zero-order chi connectivity index (χ0) is 16.3. The molecule has 0 aliphatic carbocycles. The van der Waals surface area contributed by atoms with E-state index in [9.17, 15) is 14.7 Å². The van der Waals surface area contributed by atoms with Gasteiger partial charge in [0.15, 0.2) is 0 Å². The first-order valence-electron chi connectivity index (χ1n) is 6.71. The molecule has 0 aliphatic heterocycles. The lowest BCUT2D eigenvalue weighted by atomic mass is 10.3. The van der Waals surface area contributed by atoms with E-state index in [1.54, 1.807) is 24.3 Å². The summed E-state index contributed by atoms with van der Waals surface area (Å²) in [5.74, 6) is 0.310. The average molecular weight is 303 g/mol. The molecule has 0 atom stereocenters. The van der Waals surface area contributed by atoms with Crippen molar-refractivity contribution in [3.8, 4) is 11.6 Å². The predicted molar refractivity (Wildman–Crippen MR) is 83.5 cm³/mol. The van der Waals surface area contributed by atoms with E-state index in [1.807, 2.05) is 6.92 Å². The van der Waals surface area contributed by atoms with Gasteiger partial charge >= 0.3 is 5.69 Å². The minimum atomic E-state index is -0.602. The molecule has 0 saturated heterocycles. The Bertz CT molecular complexity index is 816. The number of aromatic nitrogens is 2. The minimum absolute atomic E-state index is 0.0431. The molecule has 1 aromatic heterocycles. The van der Waals surface area contributed by atoms with Gasteiger partial charge in [0, 0.05) is 20.3 Å². The number of hydrogen-bond acceptors (Lipinski definition) is 5. The van der Waals surface area contributed by atoms with Crippen molar-refractivity contribution >= 4 is 11.9 Å². The van der Waals surface area contributed by atoms with Gasteiger partial charge in [0.25, 0.3) is 5.56 Å². The number of rotatable bonds is 4. The molecule has 7 heteroatoms. The van der Waals surface area contributed by atoms with Crippen molar-refractivity contribution < 1.29 is 9.84 Å². The summed E-state index contributed by atoms with van der Waals surface area (Å²) in [5.41, 5.74) is -0.645. The van der Waals surface area contributed by atoms with Crippen LogP contribution in [0.1, 0.15) is 12.5 Å². The highest BCUT2D eigenvalue weighted by atomic mass is 16.5. The van der Waals surface area contributed by atoms with Gasteiger partial charge in [-0.05, 0) is 31.2 Å². The molecule has 0 bridgehead atoms. The Morgan fingerprint density at radius 1 is 1.18 bits per heavy atom. The van der Waals surface area contributed by atoms with Gasteiger partial charge < -0.3 is 9.84 Å². The third-order valence-electron chi connectivity index (χ3n) is 3.16. The van der Waals surface area contributed by atoms with Crippen LogP contribution in [0, 0.1) is 0 Å². The molecule has 7 nitrogen and oxygen atoms in total. The van der Waals surface area contributed by atoms with Crippen LogP contribution in [0.3, 0.4) is 0 Å². The highest BCUT2D eigenvalue weighted by molar-refractivity contribution is 5.84. The molecule has 0 amide bonds. The third-order valence-corrected chi connectivity index (χ3v) is 3.16. The zero-order valence-electron chi connectivity index (χ0n) is 12.6. The maximum absolute atomic E-state index is 12.0. The molecule has 0 aliphatic rings. The molecule has 116 valence electrons. The fraction of sp³-hybridized carbons (Fsp3) is 0.267. The molecule has 0 saturated carbocycles. The van der Waals surface area contributed by atoms with Crippen molar-refractivity contribution in [2.75, 3.05) is 6.61 Å². The fourth-order valence-electron chi connectivity index (χ4n) is 1.91. The molecule has 0 radical (unpaired) electrons. The molecule has 1 aromatic carbocycles. The Hall–Kier alpha value is -2.83. The second-order valence-corrected chi connectivity index (χ2v) is 4.63. The lowest BCUT2D eigenvalue weighted by Crippen LogP contribution is -2.38. The number of hydrogen-bond donors (Lipinski definition) is 1. The van der Waals surface area contributed by atoms with Gasteiger partial charge in [0.05, 0.1) is 12.3 Å². The molecule has 2 rings (SSSR count). The van der Waals surface area contributed by atoms with Crippen LogP contribution in [-0.4, -0.2) is 27.1 Å². The number of aliphatic imine (C=N–C) groups is 1. The van der Waals surface area contributed by atoms with Crippen molar-refractivity contribution in [1.82, 2.24) is 9.13 Å². The zero-order valence-corrected chi connectivity index (χ0v) is 12.6. The monoisotopic (exact) mass is 303 g/mol. The van der Waals surface area contributed by atoms with E-state index in [1.165, 1.54) is 20.3 Å². The summed E-state index contributed by atoms with van der Waals surface area (Å²) in [7, 11) is 2.73. The van der Waals surface area contributed by atoms with Gasteiger partial charge in [-0.3, -0.25) is 18.9 Å². The largest absolute Gasteiger partial charge is 0.494 e. The molecule has 0 spiro atoms. The highest BCUT2D eigenvalue weighted by Crippen LogP contribution is 2.18. The van der Waals surface area contributed by atoms with Crippen LogP contribution in [0.5, 0.6) is 11.6 Å². The van der Waals surface area contributed by atoms with E-state index in [0.717, 1.165) is 14.9 Å². The Labute approximate surface area is 126 Å². The normalized spacial score (nSPS) is 11.0. The molecule has 1 heterocycles. The van der Waals surface area contributed by atoms with Crippen LogP contribution in [-0.2, 0) is 14.1 Å². The first-order chi connectivity index (χ1) is 10.5. The predicted octanol–water partition coefficient (Wildman–Crippen LogP) is 0.939. The molecule has 22 heavy (non-hydrogen) atoms. The third kappa shape index (κ3) is 2.93. The molecule has 0 fully saturated rings. The lowest BCUT2D eigenvalue weighted by molar-refractivity contribution is 0.340. The number of ether oxygens (including phenoxy) is 1. The quantitative estimate of drug-likeness (QED) is 0.852.